The summed E-state index contributed by atoms with van der Waals surface area (Å²) in [6.07, 6.45) is 3.63. The van der Waals surface area contributed by atoms with Crippen molar-refractivity contribution in [2.45, 2.75) is 27.7 Å². The van der Waals surface area contributed by atoms with Crippen LogP contribution in [0.2, 0.25) is 0 Å². The van der Waals surface area contributed by atoms with Crippen molar-refractivity contribution < 1.29 is 19.1 Å². The van der Waals surface area contributed by atoms with Gasteiger partial charge in [0.05, 0.1) is 11.1 Å². The molecule has 1 aromatic rings. The zero-order valence-electron chi connectivity index (χ0n) is 13.5. The van der Waals surface area contributed by atoms with E-state index < -0.39 is 11.9 Å². The summed E-state index contributed by atoms with van der Waals surface area (Å²) in [6.45, 7) is 8.15. The predicted octanol–water partition coefficient (Wildman–Crippen LogP) is 3.93. The van der Waals surface area contributed by atoms with Gasteiger partial charge in [-0.25, -0.2) is 9.59 Å². The fraction of sp³-hybridized carbons (Fsp3) is 0.333. The van der Waals surface area contributed by atoms with Crippen molar-refractivity contribution in [3.8, 4) is 0 Å². The molecule has 0 N–H and O–H groups in total. The number of allylic oxidation sites excluding steroid dienone is 2. The topological polar surface area (TPSA) is 52.6 Å². The van der Waals surface area contributed by atoms with Crippen molar-refractivity contribution in [3.05, 3.63) is 58.7 Å². The smallest absolute Gasteiger partial charge is 0.338 e. The van der Waals surface area contributed by atoms with Crippen LogP contribution < -0.4 is 0 Å². The number of benzene rings is 1. The number of hydrogen-bond acceptors (Lipinski definition) is 4. The number of hydrogen-bond donors (Lipinski definition) is 0. The van der Waals surface area contributed by atoms with Crippen LogP contribution in [-0.2, 0) is 9.47 Å². The number of carbonyl (C=O) groups excluding carboxylic acids is 2. The summed E-state index contributed by atoms with van der Waals surface area (Å²) < 4.78 is 10.2. The van der Waals surface area contributed by atoms with Crippen molar-refractivity contribution in [1.29, 1.82) is 0 Å². The molecule has 0 aliphatic heterocycles. The Balaban J connectivity index is 2.68. The number of ether oxygens (including phenoxy) is 2. The highest BCUT2D eigenvalue weighted by Crippen LogP contribution is 2.09. The standard InChI is InChI=1S/C18H22O4/c1-13(2)8-10-21-17(19)15-6-5-7-16(12-15)18(20)22-11-9-14(3)4/h5-9,12H,10-11H2,1-4H3. The summed E-state index contributed by atoms with van der Waals surface area (Å²) in [5, 5.41) is 0. The summed E-state index contributed by atoms with van der Waals surface area (Å²) in [6, 6.07) is 6.33. The summed E-state index contributed by atoms with van der Waals surface area (Å²) in [4.78, 5) is 23.8. The fourth-order valence-corrected chi connectivity index (χ4v) is 1.51. The molecular weight excluding hydrogens is 280 g/mol. The Bertz CT molecular complexity index is 540. The van der Waals surface area contributed by atoms with Gasteiger partial charge in [-0.05, 0) is 58.0 Å². The van der Waals surface area contributed by atoms with E-state index in [2.05, 4.69) is 0 Å². The van der Waals surface area contributed by atoms with Gasteiger partial charge in [-0.15, -0.1) is 0 Å². The molecule has 4 heteroatoms. The van der Waals surface area contributed by atoms with E-state index in [9.17, 15) is 9.59 Å². The Hall–Kier alpha value is -2.36. The van der Waals surface area contributed by atoms with E-state index in [4.69, 9.17) is 9.47 Å². The Labute approximate surface area is 131 Å². The quantitative estimate of drug-likeness (QED) is 0.590. The van der Waals surface area contributed by atoms with Crippen LogP contribution in [0.3, 0.4) is 0 Å². The van der Waals surface area contributed by atoms with Crippen LogP contribution in [0.4, 0.5) is 0 Å². The van der Waals surface area contributed by atoms with Gasteiger partial charge in [0.2, 0.25) is 0 Å². The maximum Gasteiger partial charge on any atom is 0.338 e. The summed E-state index contributed by atoms with van der Waals surface area (Å²) in [7, 11) is 0. The van der Waals surface area contributed by atoms with Crippen LogP contribution in [-0.4, -0.2) is 25.2 Å². The highest BCUT2D eigenvalue weighted by Gasteiger charge is 2.11. The Morgan fingerprint density at radius 3 is 1.64 bits per heavy atom. The van der Waals surface area contributed by atoms with E-state index in [1.165, 1.54) is 6.07 Å². The highest BCUT2D eigenvalue weighted by molar-refractivity contribution is 5.95. The number of rotatable bonds is 6. The van der Waals surface area contributed by atoms with Gasteiger partial charge in [0.1, 0.15) is 13.2 Å². The molecule has 0 atom stereocenters. The van der Waals surface area contributed by atoms with E-state index in [-0.39, 0.29) is 13.2 Å². The average molecular weight is 302 g/mol. The third-order valence-electron chi connectivity index (χ3n) is 2.75. The molecule has 0 amide bonds. The van der Waals surface area contributed by atoms with E-state index in [1.807, 2.05) is 39.8 Å². The molecule has 0 saturated heterocycles. The largest absolute Gasteiger partial charge is 0.458 e. The molecule has 1 rings (SSSR count). The second-order valence-corrected chi connectivity index (χ2v) is 5.34. The molecular formula is C18H22O4. The molecule has 0 aliphatic carbocycles. The molecule has 118 valence electrons. The minimum absolute atomic E-state index is 0.219. The molecule has 0 aromatic heterocycles. The second-order valence-electron chi connectivity index (χ2n) is 5.34. The zero-order chi connectivity index (χ0) is 16.5. The molecule has 0 unspecified atom stereocenters. The summed E-state index contributed by atoms with van der Waals surface area (Å²) >= 11 is 0. The number of carbonyl (C=O) groups is 2. The number of esters is 2. The van der Waals surface area contributed by atoms with Crippen LogP contribution in [0.15, 0.2) is 47.6 Å². The molecule has 0 fully saturated rings. The molecule has 22 heavy (non-hydrogen) atoms. The molecule has 0 heterocycles. The monoisotopic (exact) mass is 302 g/mol. The maximum absolute atomic E-state index is 11.9. The normalized spacial score (nSPS) is 9.64. The van der Waals surface area contributed by atoms with Gasteiger partial charge in [0.25, 0.3) is 0 Å². The van der Waals surface area contributed by atoms with Crippen molar-refractivity contribution in [1.82, 2.24) is 0 Å². The first kappa shape index (κ1) is 17.7. The van der Waals surface area contributed by atoms with Gasteiger partial charge in [-0.3, -0.25) is 0 Å². The van der Waals surface area contributed by atoms with E-state index >= 15 is 0 Å². The van der Waals surface area contributed by atoms with Crippen molar-refractivity contribution in [2.75, 3.05) is 13.2 Å². The van der Waals surface area contributed by atoms with Crippen molar-refractivity contribution in [2.24, 2.45) is 0 Å². The SMILES string of the molecule is CC(C)=CCOC(=O)c1cccc(C(=O)OCC=C(C)C)c1. The molecule has 1 aromatic carbocycles. The van der Waals surface area contributed by atoms with Gasteiger partial charge in [0.15, 0.2) is 0 Å². The Morgan fingerprint density at radius 1 is 0.864 bits per heavy atom. The lowest BCUT2D eigenvalue weighted by molar-refractivity contribution is 0.0548. The van der Waals surface area contributed by atoms with Gasteiger partial charge < -0.3 is 9.47 Å². The van der Waals surface area contributed by atoms with Gasteiger partial charge in [0, 0.05) is 0 Å². The van der Waals surface area contributed by atoms with E-state index in [1.54, 1.807) is 18.2 Å². The minimum atomic E-state index is -0.462. The average Bonchev–Trinajstić information content (AvgIpc) is 2.46. The van der Waals surface area contributed by atoms with Crippen LogP contribution in [0.25, 0.3) is 0 Å². The molecule has 4 nitrogen and oxygen atoms in total. The van der Waals surface area contributed by atoms with Crippen LogP contribution in [0, 0.1) is 0 Å². The highest BCUT2D eigenvalue weighted by atomic mass is 16.5. The first-order valence-corrected chi connectivity index (χ1v) is 7.11. The summed E-state index contributed by atoms with van der Waals surface area (Å²) in [5.41, 5.74) is 2.81. The van der Waals surface area contributed by atoms with Crippen LogP contribution in [0.5, 0.6) is 0 Å². The zero-order valence-corrected chi connectivity index (χ0v) is 13.5. The molecule has 0 saturated carbocycles. The molecule has 0 spiro atoms. The van der Waals surface area contributed by atoms with Crippen molar-refractivity contribution in [3.63, 3.8) is 0 Å². The van der Waals surface area contributed by atoms with E-state index in [0.29, 0.717) is 11.1 Å². The lowest BCUT2D eigenvalue weighted by Crippen LogP contribution is -2.09. The van der Waals surface area contributed by atoms with Gasteiger partial charge >= 0.3 is 11.9 Å². The lowest BCUT2D eigenvalue weighted by Gasteiger charge is -2.05. The minimum Gasteiger partial charge on any atom is -0.458 e. The predicted molar refractivity (Wildman–Crippen MR) is 85.9 cm³/mol. The maximum atomic E-state index is 11.9. The Kier molecular flexibility index (Phi) is 7.09. The van der Waals surface area contributed by atoms with E-state index in [0.717, 1.165) is 11.1 Å². The second kappa shape index (κ2) is 8.82. The molecule has 0 aliphatic rings. The van der Waals surface area contributed by atoms with Crippen LogP contribution in [0.1, 0.15) is 48.4 Å². The lowest BCUT2D eigenvalue weighted by atomic mass is 10.1. The third kappa shape index (κ3) is 6.39. The first-order valence-electron chi connectivity index (χ1n) is 7.11. The molecule has 0 radical (unpaired) electrons. The van der Waals surface area contributed by atoms with Crippen LogP contribution >= 0.6 is 0 Å². The summed E-state index contributed by atoms with van der Waals surface area (Å²) in [5.74, 6) is -0.923. The van der Waals surface area contributed by atoms with Gasteiger partial charge in [-0.1, -0.05) is 17.2 Å². The van der Waals surface area contributed by atoms with Gasteiger partial charge in [-0.2, -0.15) is 0 Å². The van der Waals surface area contributed by atoms with Crippen molar-refractivity contribution >= 4 is 11.9 Å². The first-order chi connectivity index (χ1) is 10.4. The Morgan fingerprint density at radius 2 is 1.27 bits per heavy atom. The molecule has 0 bridgehead atoms. The third-order valence-corrected chi connectivity index (χ3v) is 2.75. The fourth-order valence-electron chi connectivity index (χ4n) is 1.51.